The molecule has 0 unspecified atom stereocenters. The first-order chi connectivity index (χ1) is 8.19. The monoisotopic (exact) mass is 247 g/mol. The van der Waals surface area contributed by atoms with Crippen molar-refractivity contribution in [1.82, 2.24) is 0 Å². The highest BCUT2D eigenvalue weighted by Crippen LogP contribution is 2.31. The van der Waals surface area contributed by atoms with Crippen LogP contribution in [0, 0.1) is 6.07 Å². The molecule has 2 rings (SSSR count). The van der Waals surface area contributed by atoms with Crippen molar-refractivity contribution in [2.75, 3.05) is 12.4 Å². The highest BCUT2D eigenvalue weighted by Gasteiger charge is 2.04. The first-order valence-corrected chi connectivity index (χ1v) is 5.73. The second-order valence-electron chi connectivity index (χ2n) is 3.30. The molecule has 87 valence electrons. The first kappa shape index (κ1) is 11.5. The third kappa shape index (κ3) is 2.76. The van der Waals surface area contributed by atoms with Crippen molar-refractivity contribution in [2.45, 2.75) is 0 Å². The van der Waals surface area contributed by atoms with Crippen molar-refractivity contribution < 1.29 is 9.53 Å². The van der Waals surface area contributed by atoms with Gasteiger partial charge < -0.3 is 10.5 Å². The summed E-state index contributed by atoms with van der Waals surface area (Å²) in [6, 6.07) is 11.8. The predicted octanol–water partition coefficient (Wildman–Crippen LogP) is 2.71. The van der Waals surface area contributed by atoms with Gasteiger partial charge in [0.1, 0.15) is 10.8 Å². The average molecular weight is 247 g/mol. The van der Waals surface area contributed by atoms with Gasteiger partial charge in [-0.05, 0) is 35.9 Å². The molecule has 4 nitrogen and oxygen atoms in total. The maximum Gasteiger partial charge on any atom is 0.317 e. The number of nitrogens with one attached hydrogen (secondary N) is 1. The van der Waals surface area contributed by atoms with Gasteiger partial charge in [-0.3, -0.25) is 5.32 Å². The molecule has 2 aromatic rings. The second-order valence-corrected chi connectivity index (χ2v) is 4.35. The Kier molecular flexibility index (Phi) is 3.30. The Labute approximate surface area is 103 Å². The lowest BCUT2D eigenvalue weighted by Gasteiger charge is -2.00. The van der Waals surface area contributed by atoms with E-state index in [4.69, 9.17) is 10.5 Å². The Morgan fingerprint density at radius 2 is 2.12 bits per heavy atom. The average Bonchev–Trinajstić information content (AvgIpc) is 2.77. The number of urea groups is 1. The zero-order valence-electron chi connectivity index (χ0n) is 9.19. The molecule has 0 atom stereocenters. The summed E-state index contributed by atoms with van der Waals surface area (Å²) in [7, 11) is 1.63. The molecule has 0 bridgehead atoms. The third-order valence-corrected chi connectivity index (χ3v) is 3.16. The van der Waals surface area contributed by atoms with Gasteiger partial charge in [-0.1, -0.05) is 0 Å². The lowest BCUT2D eigenvalue weighted by Crippen LogP contribution is -2.18. The SMILES string of the molecule is COc1ccc(-c2c[c]c(NC(N)=O)s2)cc1. The van der Waals surface area contributed by atoms with Crippen LogP contribution in [0.25, 0.3) is 10.4 Å². The quantitative estimate of drug-likeness (QED) is 0.875. The van der Waals surface area contributed by atoms with E-state index in [0.717, 1.165) is 16.2 Å². The summed E-state index contributed by atoms with van der Waals surface area (Å²) in [6.45, 7) is 0. The number of thiophene rings is 1. The highest BCUT2D eigenvalue weighted by molar-refractivity contribution is 7.19. The number of amides is 2. The van der Waals surface area contributed by atoms with Gasteiger partial charge in [0, 0.05) is 10.9 Å². The number of primary amides is 1. The van der Waals surface area contributed by atoms with Crippen LogP contribution in [-0.2, 0) is 0 Å². The van der Waals surface area contributed by atoms with Gasteiger partial charge in [-0.25, -0.2) is 4.79 Å². The number of hydrogen-bond acceptors (Lipinski definition) is 3. The summed E-state index contributed by atoms with van der Waals surface area (Å²) >= 11 is 1.42. The van der Waals surface area contributed by atoms with Crippen molar-refractivity contribution >= 4 is 22.4 Å². The fourth-order valence-electron chi connectivity index (χ4n) is 1.37. The van der Waals surface area contributed by atoms with E-state index in [9.17, 15) is 4.79 Å². The molecule has 1 heterocycles. The van der Waals surface area contributed by atoms with Crippen LogP contribution in [0.1, 0.15) is 0 Å². The summed E-state index contributed by atoms with van der Waals surface area (Å²) in [5, 5.41) is 3.11. The lowest BCUT2D eigenvalue weighted by molar-refractivity contribution is 0.259. The van der Waals surface area contributed by atoms with Crippen LogP contribution in [0.4, 0.5) is 9.80 Å². The number of rotatable bonds is 3. The zero-order valence-corrected chi connectivity index (χ0v) is 10.0. The van der Waals surface area contributed by atoms with Crippen LogP contribution >= 0.6 is 11.3 Å². The molecular weight excluding hydrogens is 236 g/mol. The van der Waals surface area contributed by atoms with Crippen LogP contribution in [0.3, 0.4) is 0 Å². The van der Waals surface area contributed by atoms with Crippen LogP contribution in [-0.4, -0.2) is 13.1 Å². The fraction of sp³-hybridized carbons (Fsp3) is 0.0833. The Bertz CT molecular complexity index is 520. The van der Waals surface area contributed by atoms with Gasteiger partial charge in [-0.15, -0.1) is 11.3 Å². The Morgan fingerprint density at radius 1 is 1.41 bits per heavy atom. The molecule has 0 spiro atoms. The van der Waals surface area contributed by atoms with Crippen molar-refractivity contribution in [2.24, 2.45) is 5.73 Å². The van der Waals surface area contributed by atoms with E-state index in [2.05, 4.69) is 11.4 Å². The summed E-state index contributed by atoms with van der Waals surface area (Å²) in [4.78, 5) is 11.7. The van der Waals surface area contributed by atoms with E-state index in [1.165, 1.54) is 11.3 Å². The molecule has 0 fully saturated rings. The normalized spacial score (nSPS) is 9.94. The smallest absolute Gasteiger partial charge is 0.317 e. The maximum absolute atomic E-state index is 10.7. The van der Waals surface area contributed by atoms with Crippen LogP contribution in [0.15, 0.2) is 30.3 Å². The number of carbonyl (C=O) groups is 1. The number of carbonyl (C=O) groups excluding carboxylic acids is 1. The van der Waals surface area contributed by atoms with E-state index in [-0.39, 0.29) is 0 Å². The minimum atomic E-state index is -0.579. The first-order valence-electron chi connectivity index (χ1n) is 4.91. The van der Waals surface area contributed by atoms with Gasteiger partial charge in [0.05, 0.1) is 7.11 Å². The topological polar surface area (TPSA) is 64.3 Å². The minimum Gasteiger partial charge on any atom is -0.497 e. The molecule has 0 saturated carbocycles. The molecule has 0 aliphatic heterocycles. The standard InChI is InChI=1S/C12H11N2O2S/c1-16-9-4-2-8(3-5-9)10-6-7-11(17-10)14-12(13)15/h2-6H,1H3,(H3,13,14,15). The van der Waals surface area contributed by atoms with E-state index < -0.39 is 6.03 Å². The van der Waals surface area contributed by atoms with Gasteiger partial charge in [0.2, 0.25) is 0 Å². The molecule has 0 aliphatic rings. The van der Waals surface area contributed by atoms with Crippen LogP contribution in [0.2, 0.25) is 0 Å². The highest BCUT2D eigenvalue weighted by atomic mass is 32.1. The summed E-state index contributed by atoms with van der Waals surface area (Å²) in [6.07, 6.45) is 0. The number of nitrogens with two attached hydrogens (primary N) is 1. The summed E-state index contributed by atoms with van der Waals surface area (Å²) < 4.78 is 5.08. The lowest BCUT2D eigenvalue weighted by atomic mass is 10.2. The Morgan fingerprint density at radius 3 is 2.71 bits per heavy atom. The molecule has 1 aromatic carbocycles. The zero-order chi connectivity index (χ0) is 12.3. The largest absolute Gasteiger partial charge is 0.497 e. The minimum absolute atomic E-state index is 0.579. The van der Waals surface area contributed by atoms with Crippen LogP contribution < -0.4 is 15.8 Å². The van der Waals surface area contributed by atoms with Crippen molar-refractivity contribution in [3.8, 4) is 16.2 Å². The van der Waals surface area contributed by atoms with Crippen molar-refractivity contribution in [1.29, 1.82) is 0 Å². The molecule has 3 N–H and O–H groups in total. The van der Waals surface area contributed by atoms with E-state index in [1.54, 1.807) is 7.11 Å². The Hall–Kier alpha value is -2.01. The molecule has 0 aliphatic carbocycles. The number of hydrogen-bond donors (Lipinski definition) is 2. The fourth-order valence-corrected chi connectivity index (χ4v) is 2.23. The molecule has 1 aromatic heterocycles. The van der Waals surface area contributed by atoms with Gasteiger partial charge in [0.15, 0.2) is 0 Å². The van der Waals surface area contributed by atoms with Gasteiger partial charge in [-0.2, -0.15) is 0 Å². The van der Waals surface area contributed by atoms with E-state index >= 15 is 0 Å². The molecule has 5 heteroatoms. The summed E-state index contributed by atoms with van der Waals surface area (Å²) in [5.41, 5.74) is 6.08. The molecular formula is C12H11N2O2S. The number of benzene rings is 1. The predicted molar refractivity (Wildman–Crippen MR) is 68.3 cm³/mol. The molecule has 17 heavy (non-hydrogen) atoms. The third-order valence-electron chi connectivity index (χ3n) is 2.16. The molecule has 1 radical (unpaired) electrons. The number of ether oxygens (including phenoxy) is 1. The van der Waals surface area contributed by atoms with Gasteiger partial charge in [0.25, 0.3) is 0 Å². The summed E-state index contributed by atoms with van der Waals surface area (Å²) in [5.74, 6) is 0.810. The molecule has 2 amide bonds. The number of anilines is 1. The second kappa shape index (κ2) is 4.88. The Balaban J connectivity index is 2.21. The molecule has 0 saturated heterocycles. The number of methoxy groups -OCH3 is 1. The van der Waals surface area contributed by atoms with Crippen molar-refractivity contribution in [3.05, 3.63) is 36.4 Å². The maximum atomic E-state index is 10.7. The van der Waals surface area contributed by atoms with E-state index in [0.29, 0.717) is 5.00 Å². The van der Waals surface area contributed by atoms with E-state index in [1.807, 2.05) is 30.3 Å². The van der Waals surface area contributed by atoms with Crippen molar-refractivity contribution in [3.63, 3.8) is 0 Å². The van der Waals surface area contributed by atoms with Crippen LogP contribution in [0.5, 0.6) is 5.75 Å². The van der Waals surface area contributed by atoms with Gasteiger partial charge >= 0.3 is 6.03 Å².